The van der Waals surface area contributed by atoms with Crippen LogP contribution in [-0.4, -0.2) is 38.0 Å². The molecule has 0 amide bonds. The zero-order valence-electron chi connectivity index (χ0n) is 11.3. The molecule has 0 aliphatic rings. The average molecular weight is 336 g/mol. The smallest absolute Gasteiger partial charge is 0.158 e. The van der Waals surface area contributed by atoms with Crippen LogP contribution in [0.25, 0.3) is 0 Å². The van der Waals surface area contributed by atoms with E-state index in [0.29, 0.717) is 13.2 Å². The highest BCUT2D eigenvalue weighted by atomic mass is 79.9. The maximum Gasteiger partial charge on any atom is 0.158 e. The van der Waals surface area contributed by atoms with Crippen LogP contribution >= 0.6 is 27.3 Å². The molecule has 1 rings (SSSR count). The predicted molar refractivity (Wildman–Crippen MR) is 80.0 cm³/mol. The maximum absolute atomic E-state index is 5.53. The topological polar surface area (TPSA) is 21.7 Å². The van der Waals surface area contributed by atoms with Gasteiger partial charge < -0.3 is 14.4 Å². The highest BCUT2D eigenvalue weighted by Crippen LogP contribution is 2.21. The molecule has 0 unspecified atom stereocenters. The number of nitrogens with zero attached hydrogens (tertiary/aromatic N) is 1. The molecule has 0 radical (unpaired) electrons. The molecule has 0 saturated heterocycles. The monoisotopic (exact) mass is 335 g/mol. The number of halogens is 1. The van der Waals surface area contributed by atoms with E-state index < -0.39 is 0 Å². The van der Waals surface area contributed by atoms with E-state index in [9.17, 15) is 0 Å². The summed E-state index contributed by atoms with van der Waals surface area (Å²) >= 11 is 5.21. The van der Waals surface area contributed by atoms with Crippen molar-refractivity contribution >= 4 is 27.3 Å². The highest BCUT2D eigenvalue weighted by Gasteiger charge is 2.10. The zero-order chi connectivity index (χ0) is 13.4. The first-order valence-corrected chi connectivity index (χ1v) is 7.97. The molecule has 0 aliphatic heterocycles. The van der Waals surface area contributed by atoms with Gasteiger partial charge in [0.05, 0.1) is 3.79 Å². The van der Waals surface area contributed by atoms with Gasteiger partial charge in [0.2, 0.25) is 0 Å². The maximum atomic E-state index is 5.53. The van der Waals surface area contributed by atoms with Crippen molar-refractivity contribution in [2.75, 3.05) is 26.8 Å². The molecule has 0 N–H and O–H groups in total. The molecular weight excluding hydrogens is 314 g/mol. The molecule has 0 bridgehead atoms. The fourth-order valence-electron chi connectivity index (χ4n) is 1.73. The lowest BCUT2D eigenvalue weighted by molar-refractivity contribution is -0.141. The summed E-state index contributed by atoms with van der Waals surface area (Å²) in [4.78, 5) is 2.29. The molecule has 18 heavy (non-hydrogen) atoms. The van der Waals surface area contributed by atoms with Crippen LogP contribution in [0.2, 0.25) is 0 Å². The fourth-order valence-corrected chi connectivity index (χ4v) is 2.93. The number of hydrogen-bond acceptors (Lipinski definition) is 4. The number of rotatable bonds is 9. The molecule has 0 aromatic carbocycles. The van der Waals surface area contributed by atoms with Crippen molar-refractivity contribution in [3.8, 4) is 0 Å². The Morgan fingerprint density at radius 3 is 2.50 bits per heavy atom. The number of hydrogen-bond donors (Lipinski definition) is 0. The van der Waals surface area contributed by atoms with Gasteiger partial charge in [0.1, 0.15) is 0 Å². The van der Waals surface area contributed by atoms with Gasteiger partial charge in [-0.05, 0) is 53.8 Å². The van der Waals surface area contributed by atoms with Crippen LogP contribution in [-0.2, 0) is 16.0 Å². The normalized spacial score (nSPS) is 11.7. The third kappa shape index (κ3) is 6.29. The van der Waals surface area contributed by atoms with Crippen LogP contribution in [0.1, 0.15) is 25.8 Å². The molecular formula is C13H22BrNO2S. The molecule has 5 heteroatoms. The van der Waals surface area contributed by atoms with Gasteiger partial charge in [-0.25, -0.2) is 0 Å². The van der Waals surface area contributed by atoms with E-state index in [4.69, 9.17) is 9.47 Å². The van der Waals surface area contributed by atoms with Crippen molar-refractivity contribution in [3.05, 3.63) is 20.8 Å². The van der Waals surface area contributed by atoms with Gasteiger partial charge in [0.15, 0.2) is 6.29 Å². The lowest BCUT2D eigenvalue weighted by atomic mass is 10.3. The first-order chi connectivity index (χ1) is 8.65. The second-order valence-electron chi connectivity index (χ2n) is 4.13. The predicted octanol–water partition coefficient (Wildman–Crippen LogP) is 3.73. The van der Waals surface area contributed by atoms with Crippen molar-refractivity contribution in [1.82, 2.24) is 4.90 Å². The van der Waals surface area contributed by atoms with Crippen molar-refractivity contribution in [2.45, 2.75) is 33.1 Å². The summed E-state index contributed by atoms with van der Waals surface area (Å²) in [5, 5.41) is 2.18. The van der Waals surface area contributed by atoms with Gasteiger partial charge >= 0.3 is 0 Å². The Morgan fingerprint density at radius 2 is 2.00 bits per heavy atom. The van der Waals surface area contributed by atoms with E-state index in [1.807, 2.05) is 13.8 Å². The van der Waals surface area contributed by atoms with E-state index in [1.54, 1.807) is 11.3 Å². The lowest BCUT2D eigenvalue weighted by Crippen LogP contribution is -2.26. The van der Waals surface area contributed by atoms with E-state index in [0.717, 1.165) is 19.5 Å². The van der Waals surface area contributed by atoms with Crippen molar-refractivity contribution in [2.24, 2.45) is 0 Å². The summed E-state index contributed by atoms with van der Waals surface area (Å²) in [6, 6.07) is 2.17. The SMILES string of the molecule is CCOC(CCN(C)Cc1csc(Br)c1)OCC. The number of thiophene rings is 1. The second-order valence-corrected chi connectivity index (χ2v) is 6.42. The summed E-state index contributed by atoms with van der Waals surface area (Å²) in [7, 11) is 2.13. The van der Waals surface area contributed by atoms with Crippen molar-refractivity contribution in [3.63, 3.8) is 0 Å². The minimum absolute atomic E-state index is 0.0725. The highest BCUT2D eigenvalue weighted by molar-refractivity contribution is 9.11. The summed E-state index contributed by atoms with van der Waals surface area (Å²) < 4.78 is 12.3. The van der Waals surface area contributed by atoms with Crippen LogP contribution in [0.15, 0.2) is 15.2 Å². The lowest BCUT2D eigenvalue weighted by Gasteiger charge is -2.21. The first-order valence-electron chi connectivity index (χ1n) is 6.30. The molecule has 0 atom stereocenters. The van der Waals surface area contributed by atoms with E-state index >= 15 is 0 Å². The van der Waals surface area contributed by atoms with Crippen LogP contribution in [0, 0.1) is 0 Å². The number of ether oxygens (including phenoxy) is 2. The Labute approximate surface area is 122 Å². The summed E-state index contributed by atoms with van der Waals surface area (Å²) in [6.45, 7) is 7.33. The Hall–Kier alpha value is 0.0600. The third-order valence-corrected chi connectivity index (χ3v) is 4.08. The summed E-state index contributed by atoms with van der Waals surface area (Å²) in [5.74, 6) is 0. The third-order valence-electron chi connectivity index (χ3n) is 2.53. The van der Waals surface area contributed by atoms with Crippen molar-refractivity contribution < 1.29 is 9.47 Å². The van der Waals surface area contributed by atoms with Gasteiger partial charge in [0, 0.05) is 32.7 Å². The minimum Gasteiger partial charge on any atom is -0.353 e. The van der Waals surface area contributed by atoms with Gasteiger partial charge in [0.25, 0.3) is 0 Å². The molecule has 104 valence electrons. The van der Waals surface area contributed by atoms with Crippen LogP contribution in [0.4, 0.5) is 0 Å². The Morgan fingerprint density at radius 1 is 1.33 bits per heavy atom. The van der Waals surface area contributed by atoms with E-state index in [2.05, 4.69) is 39.3 Å². The standard InChI is InChI=1S/C13H22BrNO2S/c1-4-16-13(17-5-2)6-7-15(3)9-11-8-12(14)18-10-11/h8,10,13H,4-7,9H2,1-3H3. The molecule has 1 aromatic heterocycles. The Bertz CT molecular complexity index is 327. The first kappa shape index (κ1) is 16.1. The molecule has 1 heterocycles. The Kier molecular flexibility index (Phi) is 8.10. The molecule has 0 saturated carbocycles. The molecule has 0 aliphatic carbocycles. The second kappa shape index (κ2) is 9.04. The summed E-state index contributed by atoms with van der Waals surface area (Å²) in [5.41, 5.74) is 1.35. The molecule has 3 nitrogen and oxygen atoms in total. The fraction of sp³-hybridized carbons (Fsp3) is 0.692. The summed E-state index contributed by atoms with van der Waals surface area (Å²) in [6.07, 6.45) is 0.834. The van der Waals surface area contributed by atoms with Gasteiger partial charge in [-0.1, -0.05) is 0 Å². The quantitative estimate of drug-likeness (QED) is 0.642. The average Bonchev–Trinajstić information content (AvgIpc) is 2.72. The van der Waals surface area contributed by atoms with Crippen molar-refractivity contribution in [1.29, 1.82) is 0 Å². The van der Waals surface area contributed by atoms with Crippen LogP contribution < -0.4 is 0 Å². The van der Waals surface area contributed by atoms with Crippen LogP contribution in [0.3, 0.4) is 0 Å². The van der Waals surface area contributed by atoms with Crippen LogP contribution in [0.5, 0.6) is 0 Å². The largest absolute Gasteiger partial charge is 0.353 e. The molecule has 0 spiro atoms. The van der Waals surface area contributed by atoms with E-state index in [-0.39, 0.29) is 6.29 Å². The van der Waals surface area contributed by atoms with E-state index in [1.165, 1.54) is 9.35 Å². The zero-order valence-corrected chi connectivity index (χ0v) is 13.7. The van der Waals surface area contributed by atoms with Gasteiger partial charge in [-0.15, -0.1) is 11.3 Å². The molecule has 0 fully saturated rings. The molecule has 1 aromatic rings. The Balaban J connectivity index is 2.28. The van der Waals surface area contributed by atoms with Gasteiger partial charge in [-0.3, -0.25) is 0 Å². The van der Waals surface area contributed by atoms with Gasteiger partial charge in [-0.2, -0.15) is 0 Å². The minimum atomic E-state index is -0.0725.